The van der Waals surface area contributed by atoms with E-state index in [1.807, 2.05) is 0 Å². The van der Waals surface area contributed by atoms with Crippen LogP contribution < -0.4 is 4.74 Å². The Bertz CT molecular complexity index is 379. The Morgan fingerprint density at radius 1 is 1.47 bits per heavy atom. The summed E-state index contributed by atoms with van der Waals surface area (Å²) in [6.45, 7) is 0.268. The fourth-order valence-electron chi connectivity index (χ4n) is 1.41. The van der Waals surface area contributed by atoms with Crippen LogP contribution >= 0.6 is 0 Å². The maximum atomic E-state index is 13.1. The van der Waals surface area contributed by atoms with Gasteiger partial charge in [0.15, 0.2) is 11.6 Å². The molecule has 2 rings (SSSR count). The van der Waals surface area contributed by atoms with Crippen LogP contribution in [0.3, 0.4) is 0 Å². The summed E-state index contributed by atoms with van der Waals surface area (Å²) in [5.41, 5.74) is 0. The molecule has 4 heteroatoms. The van der Waals surface area contributed by atoms with Crippen molar-refractivity contribution in [3.05, 3.63) is 29.8 Å². The molecule has 1 saturated carbocycles. The Morgan fingerprint density at radius 3 is 2.93 bits per heavy atom. The SMILES string of the molecule is O=CC1CC1COc1cc(F)ccc1F. The Balaban J connectivity index is 1.93. The van der Waals surface area contributed by atoms with Crippen LogP contribution in [0.4, 0.5) is 8.78 Å². The molecule has 0 radical (unpaired) electrons. The largest absolute Gasteiger partial charge is 0.490 e. The smallest absolute Gasteiger partial charge is 0.165 e. The molecule has 0 N–H and O–H groups in total. The summed E-state index contributed by atoms with van der Waals surface area (Å²) in [5.74, 6) is -1.02. The van der Waals surface area contributed by atoms with E-state index in [1.165, 1.54) is 0 Å². The third-order valence-corrected chi connectivity index (χ3v) is 2.50. The summed E-state index contributed by atoms with van der Waals surface area (Å²) in [4.78, 5) is 10.3. The lowest BCUT2D eigenvalue weighted by Crippen LogP contribution is -2.03. The normalized spacial score (nSPS) is 23.6. The van der Waals surface area contributed by atoms with E-state index in [-0.39, 0.29) is 24.2 Å². The third-order valence-electron chi connectivity index (χ3n) is 2.50. The first kappa shape index (κ1) is 10.1. The number of carbonyl (C=O) groups is 1. The van der Waals surface area contributed by atoms with Crippen LogP contribution in [0.5, 0.6) is 5.75 Å². The van der Waals surface area contributed by atoms with Gasteiger partial charge >= 0.3 is 0 Å². The second-order valence-electron chi connectivity index (χ2n) is 3.68. The molecule has 0 heterocycles. The van der Waals surface area contributed by atoms with E-state index in [9.17, 15) is 13.6 Å². The number of hydrogen-bond acceptors (Lipinski definition) is 2. The Morgan fingerprint density at radius 2 is 2.27 bits per heavy atom. The number of halogens is 2. The first-order valence-corrected chi connectivity index (χ1v) is 4.74. The molecule has 0 aromatic heterocycles. The van der Waals surface area contributed by atoms with Crippen LogP contribution in [0, 0.1) is 23.5 Å². The summed E-state index contributed by atoms with van der Waals surface area (Å²) in [6.07, 6.45) is 1.65. The van der Waals surface area contributed by atoms with Gasteiger partial charge in [-0.3, -0.25) is 0 Å². The molecular formula is C11H10F2O2. The van der Waals surface area contributed by atoms with Crippen molar-refractivity contribution in [2.45, 2.75) is 6.42 Å². The van der Waals surface area contributed by atoms with Crippen molar-refractivity contribution in [2.24, 2.45) is 11.8 Å². The van der Waals surface area contributed by atoms with Crippen molar-refractivity contribution in [2.75, 3.05) is 6.61 Å². The van der Waals surface area contributed by atoms with E-state index < -0.39 is 11.6 Å². The standard InChI is InChI=1S/C11H10F2O2/c12-9-1-2-10(13)11(4-9)15-6-8-3-7(8)5-14/h1-2,4-5,7-8H,3,6H2. The molecule has 0 saturated heterocycles. The lowest BCUT2D eigenvalue weighted by atomic mass is 10.3. The van der Waals surface area contributed by atoms with Gasteiger partial charge in [-0.25, -0.2) is 8.78 Å². The molecule has 2 atom stereocenters. The third kappa shape index (κ3) is 2.32. The van der Waals surface area contributed by atoms with Crippen molar-refractivity contribution >= 4 is 6.29 Å². The van der Waals surface area contributed by atoms with Crippen molar-refractivity contribution in [3.8, 4) is 5.75 Å². The van der Waals surface area contributed by atoms with Gasteiger partial charge < -0.3 is 9.53 Å². The summed E-state index contributed by atoms with van der Waals surface area (Å²) >= 11 is 0. The Labute approximate surface area is 85.9 Å². The van der Waals surface area contributed by atoms with Crippen molar-refractivity contribution in [3.63, 3.8) is 0 Å². The summed E-state index contributed by atoms with van der Waals surface area (Å²) in [6, 6.07) is 3.07. The number of carbonyl (C=O) groups excluding carboxylic acids is 1. The molecule has 2 nitrogen and oxygen atoms in total. The van der Waals surface area contributed by atoms with Gasteiger partial charge in [-0.15, -0.1) is 0 Å². The van der Waals surface area contributed by atoms with Crippen molar-refractivity contribution in [1.82, 2.24) is 0 Å². The zero-order valence-electron chi connectivity index (χ0n) is 7.95. The van der Waals surface area contributed by atoms with Crippen molar-refractivity contribution in [1.29, 1.82) is 0 Å². The molecule has 2 unspecified atom stereocenters. The molecule has 80 valence electrons. The van der Waals surface area contributed by atoms with Gasteiger partial charge in [-0.05, 0) is 18.6 Å². The molecule has 1 fully saturated rings. The summed E-state index contributed by atoms with van der Waals surface area (Å²) in [5, 5.41) is 0. The zero-order chi connectivity index (χ0) is 10.8. The maximum absolute atomic E-state index is 13.1. The van der Waals surface area contributed by atoms with Gasteiger partial charge in [0.1, 0.15) is 12.1 Å². The van der Waals surface area contributed by atoms with Crippen LogP contribution in [0.25, 0.3) is 0 Å². The number of hydrogen-bond donors (Lipinski definition) is 0. The van der Waals surface area contributed by atoms with Gasteiger partial charge in [0, 0.05) is 17.9 Å². The predicted octanol–water partition coefficient (Wildman–Crippen LogP) is 2.18. The number of aldehydes is 1. The molecule has 1 aromatic rings. The van der Waals surface area contributed by atoms with Gasteiger partial charge in [-0.2, -0.15) is 0 Å². The highest BCUT2D eigenvalue weighted by Crippen LogP contribution is 2.36. The predicted molar refractivity (Wildman–Crippen MR) is 49.5 cm³/mol. The van der Waals surface area contributed by atoms with Crippen LogP contribution in [-0.4, -0.2) is 12.9 Å². The average molecular weight is 212 g/mol. The van der Waals surface area contributed by atoms with E-state index in [0.29, 0.717) is 0 Å². The van der Waals surface area contributed by atoms with E-state index in [0.717, 1.165) is 30.9 Å². The highest BCUT2D eigenvalue weighted by atomic mass is 19.1. The number of benzene rings is 1. The first-order chi connectivity index (χ1) is 7.20. The summed E-state index contributed by atoms with van der Waals surface area (Å²) in [7, 11) is 0. The molecule has 0 aliphatic heterocycles. The van der Waals surface area contributed by atoms with Crippen molar-refractivity contribution < 1.29 is 18.3 Å². The molecule has 1 aliphatic rings. The number of ether oxygens (including phenoxy) is 1. The Hall–Kier alpha value is -1.45. The summed E-state index contributed by atoms with van der Waals surface area (Å²) < 4.78 is 30.9. The minimum Gasteiger partial charge on any atom is -0.490 e. The minimum atomic E-state index is -0.584. The van der Waals surface area contributed by atoms with Crippen LogP contribution in [0.1, 0.15) is 6.42 Å². The highest BCUT2D eigenvalue weighted by molar-refractivity contribution is 5.58. The van der Waals surface area contributed by atoms with Gasteiger partial charge in [0.2, 0.25) is 0 Å². The molecule has 15 heavy (non-hydrogen) atoms. The fourth-order valence-corrected chi connectivity index (χ4v) is 1.41. The van der Waals surface area contributed by atoms with Gasteiger partial charge in [0.25, 0.3) is 0 Å². The monoisotopic (exact) mass is 212 g/mol. The van der Waals surface area contributed by atoms with E-state index in [2.05, 4.69) is 0 Å². The molecular weight excluding hydrogens is 202 g/mol. The maximum Gasteiger partial charge on any atom is 0.165 e. The average Bonchev–Trinajstić information content (AvgIpc) is 2.98. The quantitative estimate of drug-likeness (QED) is 0.715. The first-order valence-electron chi connectivity index (χ1n) is 4.74. The topological polar surface area (TPSA) is 26.3 Å². The molecule has 1 aliphatic carbocycles. The zero-order valence-corrected chi connectivity index (χ0v) is 7.95. The lowest BCUT2D eigenvalue weighted by molar-refractivity contribution is -0.109. The van der Waals surface area contributed by atoms with Gasteiger partial charge in [-0.1, -0.05) is 0 Å². The molecule has 0 amide bonds. The fraction of sp³-hybridized carbons (Fsp3) is 0.364. The van der Waals surface area contributed by atoms with E-state index >= 15 is 0 Å². The molecule has 0 bridgehead atoms. The molecule has 1 aromatic carbocycles. The van der Waals surface area contributed by atoms with Crippen LogP contribution in [0.15, 0.2) is 18.2 Å². The second kappa shape index (κ2) is 3.96. The molecule has 0 spiro atoms. The van der Waals surface area contributed by atoms with E-state index in [4.69, 9.17) is 4.74 Å². The van der Waals surface area contributed by atoms with Gasteiger partial charge in [0.05, 0.1) is 6.61 Å². The minimum absolute atomic E-state index is 0.0293. The van der Waals surface area contributed by atoms with Crippen LogP contribution in [0.2, 0.25) is 0 Å². The Kier molecular flexibility index (Phi) is 2.66. The van der Waals surface area contributed by atoms with Crippen LogP contribution in [-0.2, 0) is 4.79 Å². The van der Waals surface area contributed by atoms with E-state index in [1.54, 1.807) is 0 Å². The highest BCUT2D eigenvalue weighted by Gasteiger charge is 2.37. The second-order valence-corrected chi connectivity index (χ2v) is 3.68. The lowest BCUT2D eigenvalue weighted by Gasteiger charge is -2.05. The number of rotatable bonds is 4.